The van der Waals surface area contributed by atoms with Crippen LogP contribution in [0.15, 0.2) is 28.7 Å². The van der Waals surface area contributed by atoms with Gasteiger partial charge in [-0.25, -0.2) is 0 Å². The van der Waals surface area contributed by atoms with Crippen LogP contribution in [0.5, 0.6) is 0 Å². The topological polar surface area (TPSA) is 3.24 Å². The zero-order valence-corrected chi connectivity index (χ0v) is 10.7. The molecule has 1 aromatic carbocycles. The minimum atomic E-state index is 0.699. The highest BCUT2D eigenvalue weighted by molar-refractivity contribution is 9.10. The van der Waals surface area contributed by atoms with Gasteiger partial charge in [-0.3, -0.25) is 4.90 Å². The lowest BCUT2D eigenvalue weighted by Crippen LogP contribution is -2.24. The molecular weight excluding hydrogens is 261 g/mol. The third-order valence-electron chi connectivity index (χ3n) is 2.17. The van der Waals surface area contributed by atoms with Crippen LogP contribution in [-0.4, -0.2) is 23.9 Å². The first-order chi connectivity index (χ1) is 6.76. The van der Waals surface area contributed by atoms with Gasteiger partial charge in [-0.05, 0) is 24.2 Å². The molecule has 0 N–H and O–H groups in total. The van der Waals surface area contributed by atoms with Gasteiger partial charge in [-0.1, -0.05) is 35.0 Å². The fourth-order valence-corrected chi connectivity index (χ4v) is 1.82. The molecule has 0 bridgehead atoms. The van der Waals surface area contributed by atoms with Crippen LogP contribution < -0.4 is 0 Å². The van der Waals surface area contributed by atoms with E-state index in [-0.39, 0.29) is 0 Å². The van der Waals surface area contributed by atoms with E-state index < -0.39 is 0 Å². The predicted molar refractivity (Wildman–Crippen MR) is 65.8 cm³/mol. The molecule has 14 heavy (non-hydrogen) atoms. The molecule has 0 amide bonds. The molecule has 0 saturated heterocycles. The highest BCUT2D eigenvalue weighted by atomic mass is 79.9. The van der Waals surface area contributed by atoms with Crippen molar-refractivity contribution in [1.82, 2.24) is 4.90 Å². The van der Waals surface area contributed by atoms with Crippen LogP contribution in [0.25, 0.3) is 0 Å². The van der Waals surface area contributed by atoms with Crippen molar-refractivity contribution < 1.29 is 0 Å². The van der Waals surface area contributed by atoms with Crippen molar-refractivity contribution in [2.45, 2.75) is 13.5 Å². The van der Waals surface area contributed by atoms with Gasteiger partial charge in [0.05, 0.1) is 0 Å². The maximum atomic E-state index is 5.72. The molecule has 0 aliphatic rings. The standard InChI is InChI=1S/C11H15BrClN/c1-2-14(8-7-13)9-10-3-5-11(12)6-4-10/h3-6H,2,7-9H2,1H3. The molecule has 1 rings (SSSR count). The predicted octanol–water partition coefficient (Wildman–Crippen LogP) is 3.51. The lowest BCUT2D eigenvalue weighted by molar-refractivity contribution is 0.297. The number of nitrogens with zero attached hydrogens (tertiary/aromatic N) is 1. The Labute approximate surface area is 99.2 Å². The molecule has 78 valence electrons. The average Bonchev–Trinajstić information content (AvgIpc) is 2.20. The van der Waals surface area contributed by atoms with E-state index in [0.717, 1.165) is 24.1 Å². The molecule has 0 spiro atoms. The second-order valence-electron chi connectivity index (χ2n) is 3.18. The monoisotopic (exact) mass is 275 g/mol. The van der Waals surface area contributed by atoms with Crippen molar-refractivity contribution in [2.24, 2.45) is 0 Å². The fourth-order valence-electron chi connectivity index (χ4n) is 1.32. The van der Waals surface area contributed by atoms with Crippen molar-refractivity contribution in [3.8, 4) is 0 Å². The Morgan fingerprint density at radius 2 is 1.93 bits per heavy atom. The van der Waals surface area contributed by atoms with E-state index in [1.807, 2.05) is 0 Å². The van der Waals surface area contributed by atoms with Crippen molar-refractivity contribution in [2.75, 3.05) is 19.0 Å². The van der Waals surface area contributed by atoms with E-state index in [9.17, 15) is 0 Å². The van der Waals surface area contributed by atoms with E-state index in [1.54, 1.807) is 0 Å². The molecule has 0 aliphatic carbocycles. The smallest absolute Gasteiger partial charge is 0.0351 e. The summed E-state index contributed by atoms with van der Waals surface area (Å²) in [6.45, 7) is 5.14. The number of hydrogen-bond donors (Lipinski definition) is 0. The quantitative estimate of drug-likeness (QED) is 0.744. The summed E-state index contributed by atoms with van der Waals surface area (Å²) in [5.41, 5.74) is 1.33. The van der Waals surface area contributed by atoms with Crippen LogP contribution in [0.4, 0.5) is 0 Å². The highest BCUT2D eigenvalue weighted by Crippen LogP contribution is 2.12. The van der Waals surface area contributed by atoms with E-state index in [2.05, 4.69) is 52.0 Å². The van der Waals surface area contributed by atoms with Gasteiger partial charge in [-0.2, -0.15) is 0 Å². The summed E-state index contributed by atoms with van der Waals surface area (Å²) in [6.07, 6.45) is 0. The summed E-state index contributed by atoms with van der Waals surface area (Å²) < 4.78 is 1.13. The molecule has 0 saturated carbocycles. The Morgan fingerprint density at radius 1 is 1.29 bits per heavy atom. The summed E-state index contributed by atoms with van der Waals surface area (Å²) >= 11 is 9.14. The Bertz CT molecular complexity index is 260. The van der Waals surface area contributed by atoms with Crippen LogP contribution >= 0.6 is 27.5 Å². The normalized spacial score (nSPS) is 10.9. The second kappa shape index (κ2) is 6.44. The first-order valence-electron chi connectivity index (χ1n) is 4.79. The van der Waals surface area contributed by atoms with Gasteiger partial charge >= 0.3 is 0 Å². The molecule has 0 unspecified atom stereocenters. The first-order valence-corrected chi connectivity index (χ1v) is 6.11. The van der Waals surface area contributed by atoms with Gasteiger partial charge in [0.1, 0.15) is 0 Å². The zero-order chi connectivity index (χ0) is 10.4. The first kappa shape index (κ1) is 12.0. The lowest BCUT2D eigenvalue weighted by Gasteiger charge is -2.18. The molecule has 3 heteroatoms. The number of benzene rings is 1. The molecule has 0 atom stereocenters. The summed E-state index contributed by atoms with van der Waals surface area (Å²) in [7, 11) is 0. The van der Waals surface area contributed by atoms with E-state index in [1.165, 1.54) is 5.56 Å². The van der Waals surface area contributed by atoms with Crippen LogP contribution in [0.1, 0.15) is 12.5 Å². The van der Waals surface area contributed by atoms with Gasteiger partial charge in [0.2, 0.25) is 0 Å². The van der Waals surface area contributed by atoms with E-state index in [4.69, 9.17) is 11.6 Å². The SMILES string of the molecule is CCN(CCCl)Cc1ccc(Br)cc1. The average molecular weight is 277 g/mol. The Balaban J connectivity index is 2.53. The van der Waals surface area contributed by atoms with Crippen LogP contribution in [-0.2, 0) is 6.54 Å². The maximum absolute atomic E-state index is 5.72. The molecule has 0 aromatic heterocycles. The van der Waals surface area contributed by atoms with Gasteiger partial charge in [0, 0.05) is 23.4 Å². The maximum Gasteiger partial charge on any atom is 0.0351 e. The lowest BCUT2D eigenvalue weighted by atomic mass is 10.2. The molecule has 0 heterocycles. The summed E-state index contributed by atoms with van der Waals surface area (Å²) in [6, 6.07) is 8.43. The zero-order valence-electron chi connectivity index (χ0n) is 8.34. The number of alkyl halides is 1. The molecule has 0 aliphatic heterocycles. The largest absolute Gasteiger partial charge is 0.298 e. The summed E-state index contributed by atoms with van der Waals surface area (Å²) in [5.74, 6) is 0.699. The van der Waals surface area contributed by atoms with Crippen molar-refractivity contribution >= 4 is 27.5 Å². The van der Waals surface area contributed by atoms with Crippen LogP contribution in [0, 0.1) is 0 Å². The van der Waals surface area contributed by atoms with Crippen molar-refractivity contribution in [1.29, 1.82) is 0 Å². The van der Waals surface area contributed by atoms with Gasteiger partial charge < -0.3 is 0 Å². The van der Waals surface area contributed by atoms with Crippen molar-refractivity contribution in [3.63, 3.8) is 0 Å². The van der Waals surface area contributed by atoms with Crippen LogP contribution in [0.3, 0.4) is 0 Å². The van der Waals surface area contributed by atoms with Crippen LogP contribution in [0.2, 0.25) is 0 Å². The fraction of sp³-hybridized carbons (Fsp3) is 0.455. The highest BCUT2D eigenvalue weighted by Gasteiger charge is 2.02. The minimum absolute atomic E-state index is 0.699. The minimum Gasteiger partial charge on any atom is -0.298 e. The Hall–Kier alpha value is -0.0500. The Morgan fingerprint density at radius 3 is 2.43 bits per heavy atom. The van der Waals surface area contributed by atoms with Gasteiger partial charge in [0.25, 0.3) is 0 Å². The van der Waals surface area contributed by atoms with E-state index >= 15 is 0 Å². The summed E-state index contributed by atoms with van der Waals surface area (Å²) in [5, 5.41) is 0. The molecule has 0 radical (unpaired) electrons. The second-order valence-corrected chi connectivity index (χ2v) is 4.48. The third kappa shape index (κ3) is 3.99. The van der Waals surface area contributed by atoms with Crippen molar-refractivity contribution in [3.05, 3.63) is 34.3 Å². The number of rotatable bonds is 5. The van der Waals surface area contributed by atoms with Gasteiger partial charge in [0.15, 0.2) is 0 Å². The molecular formula is C11H15BrClN. The number of hydrogen-bond acceptors (Lipinski definition) is 1. The summed E-state index contributed by atoms with van der Waals surface area (Å²) in [4.78, 5) is 2.33. The van der Waals surface area contributed by atoms with Gasteiger partial charge in [-0.15, -0.1) is 11.6 Å². The Kier molecular flexibility index (Phi) is 5.53. The molecule has 0 fully saturated rings. The van der Waals surface area contributed by atoms with E-state index in [0.29, 0.717) is 5.88 Å². The molecule has 1 aromatic rings. The molecule has 1 nitrogen and oxygen atoms in total. The third-order valence-corrected chi connectivity index (χ3v) is 2.87. The number of halogens is 2.